The van der Waals surface area contributed by atoms with E-state index in [1.165, 1.54) is 7.11 Å². The lowest BCUT2D eigenvalue weighted by Crippen LogP contribution is -2.18. The van der Waals surface area contributed by atoms with Gasteiger partial charge in [0.2, 0.25) is 0 Å². The summed E-state index contributed by atoms with van der Waals surface area (Å²) in [6, 6.07) is 5.05. The Labute approximate surface area is 121 Å². The predicted octanol–water partition coefficient (Wildman–Crippen LogP) is 2.35. The van der Waals surface area contributed by atoms with E-state index in [2.05, 4.69) is 20.0 Å². The molecule has 2 N–H and O–H groups in total. The monoisotopic (exact) mass is 297 g/mol. The molecule has 1 aromatic heterocycles. The number of aromatic nitrogens is 2. The third kappa shape index (κ3) is 4.42. The van der Waals surface area contributed by atoms with Gasteiger partial charge in [0, 0.05) is 37.0 Å². The number of ether oxygens (including phenoxy) is 2. The first-order valence-corrected chi connectivity index (χ1v) is 6.49. The highest BCUT2D eigenvalue weighted by Crippen LogP contribution is 2.32. The molecule has 0 amide bonds. The fourth-order valence-corrected chi connectivity index (χ4v) is 1.95. The van der Waals surface area contributed by atoms with Crippen molar-refractivity contribution in [1.29, 1.82) is 0 Å². The van der Waals surface area contributed by atoms with Gasteiger partial charge in [0.1, 0.15) is 0 Å². The number of para-hydroxylation sites is 1. The van der Waals surface area contributed by atoms with Crippen LogP contribution < -0.4 is 14.8 Å². The molecule has 0 fully saturated rings. The van der Waals surface area contributed by atoms with Crippen LogP contribution >= 0.6 is 0 Å². The fourth-order valence-electron chi connectivity index (χ4n) is 1.95. The Balaban J connectivity index is 1.95. The summed E-state index contributed by atoms with van der Waals surface area (Å²) in [6.45, 7) is -1.79. The fraction of sp³-hybridized carbons (Fsp3) is 0.357. The summed E-state index contributed by atoms with van der Waals surface area (Å²) in [5, 5.41) is 3.18. The maximum Gasteiger partial charge on any atom is 0.387 e. The highest BCUT2D eigenvalue weighted by atomic mass is 19.3. The summed E-state index contributed by atoms with van der Waals surface area (Å²) in [6.07, 6.45) is 4.14. The maximum absolute atomic E-state index is 12.5. The minimum Gasteiger partial charge on any atom is -0.493 e. The van der Waals surface area contributed by atoms with Crippen LogP contribution in [0.5, 0.6) is 11.5 Å². The molecule has 0 bridgehead atoms. The number of benzene rings is 1. The van der Waals surface area contributed by atoms with Crippen LogP contribution in [0.25, 0.3) is 0 Å². The van der Waals surface area contributed by atoms with Gasteiger partial charge in [-0.1, -0.05) is 12.1 Å². The summed E-state index contributed by atoms with van der Waals surface area (Å²) < 4.78 is 34.6. The third-order valence-corrected chi connectivity index (χ3v) is 2.93. The number of hydrogen-bond donors (Lipinski definition) is 2. The molecule has 0 radical (unpaired) electrons. The van der Waals surface area contributed by atoms with Crippen molar-refractivity contribution in [3.8, 4) is 11.5 Å². The number of methoxy groups -OCH3 is 1. The van der Waals surface area contributed by atoms with Crippen LogP contribution in [-0.2, 0) is 13.0 Å². The molecule has 21 heavy (non-hydrogen) atoms. The largest absolute Gasteiger partial charge is 0.493 e. The van der Waals surface area contributed by atoms with Crippen molar-refractivity contribution in [3.05, 3.63) is 42.0 Å². The Morgan fingerprint density at radius 1 is 1.38 bits per heavy atom. The summed E-state index contributed by atoms with van der Waals surface area (Å²) in [5.74, 6) is 0.368. The van der Waals surface area contributed by atoms with Gasteiger partial charge in [0.25, 0.3) is 0 Å². The van der Waals surface area contributed by atoms with Gasteiger partial charge in [-0.3, -0.25) is 0 Å². The van der Waals surface area contributed by atoms with E-state index in [9.17, 15) is 8.78 Å². The zero-order valence-electron chi connectivity index (χ0n) is 11.6. The highest BCUT2D eigenvalue weighted by molar-refractivity contribution is 5.46. The topological polar surface area (TPSA) is 59.2 Å². The van der Waals surface area contributed by atoms with E-state index in [1.54, 1.807) is 30.7 Å². The van der Waals surface area contributed by atoms with Gasteiger partial charge in [0.05, 0.1) is 13.4 Å². The van der Waals surface area contributed by atoms with Gasteiger partial charge in [-0.05, 0) is 6.07 Å². The van der Waals surface area contributed by atoms with Gasteiger partial charge >= 0.3 is 6.61 Å². The van der Waals surface area contributed by atoms with Gasteiger partial charge in [-0.25, -0.2) is 4.98 Å². The number of alkyl halides is 2. The van der Waals surface area contributed by atoms with Crippen molar-refractivity contribution in [3.63, 3.8) is 0 Å². The van der Waals surface area contributed by atoms with Crippen molar-refractivity contribution >= 4 is 0 Å². The Morgan fingerprint density at radius 2 is 2.24 bits per heavy atom. The number of rotatable bonds is 8. The molecule has 0 atom stereocenters. The molecule has 5 nitrogen and oxygen atoms in total. The van der Waals surface area contributed by atoms with E-state index >= 15 is 0 Å². The normalized spacial score (nSPS) is 10.9. The first kappa shape index (κ1) is 15.2. The zero-order valence-corrected chi connectivity index (χ0v) is 11.6. The molecule has 0 aliphatic rings. The first-order chi connectivity index (χ1) is 10.2. The van der Waals surface area contributed by atoms with E-state index in [0.717, 1.165) is 12.1 Å². The van der Waals surface area contributed by atoms with Crippen LogP contribution in [0, 0.1) is 0 Å². The lowest BCUT2D eigenvalue weighted by molar-refractivity contribution is -0.0518. The van der Waals surface area contributed by atoms with Crippen LogP contribution in [-0.4, -0.2) is 30.2 Å². The van der Waals surface area contributed by atoms with Crippen molar-refractivity contribution in [2.45, 2.75) is 19.6 Å². The molecule has 2 rings (SSSR count). The molecule has 1 aromatic carbocycles. The van der Waals surface area contributed by atoms with Crippen molar-refractivity contribution in [1.82, 2.24) is 15.3 Å². The summed E-state index contributed by atoms with van der Waals surface area (Å²) in [4.78, 5) is 6.92. The summed E-state index contributed by atoms with van der Waals surface area (Å²) in [7, 11) is 1.42. The Kier molecular flexibility index (Phi) is 5.51. The van der Waals surface area contributed by atoms with Crippen LogP contribution in [0.2, 0.25) is 0 Å². The molecule has 0 saturated heterocycles. The molecule has 114 valence electrons. The van der Waals surface area contributed by atoms with E-state index in [1.807, 2.05) is 0 Å². The van der Waals surface area contributed by atoms with E-state index in [0.29, 0.717) is 24.4 Å². The number of hydrogen-bond acceptors (Lipinski definition) is 4. The molecule has 0 saturated carbocycles. The van der Waals surface area contributed by atoms with Gasteiger partial charge in [-0.2, -0.15) is 8.78 Å². The van der Waals surface area contributed by atoms with E-state index in [4.69, 9.17) is 4.74 Å². The van der Waals surface area contributed by atoms with Gasteiger partial charge < -0.3 is 19.8 Å². The van der Waals surface area contributed by atoms with Crippen LogP contribution in [0.1, 0.15) is 11.3 Å². The number of halogens is 2. The average Bonchev–Trinajstić information content (AvgIpc) is 2.97. The number of aromatic amines is 1. The first-order valence-electron chi connectivity index (χ1n) is 6.49. The minimum absolute atomic E-state index is 0.0732. The molecule has 1 heterocycles. The Bertz CT molecular complexity index is 547. The van der Waals surface area contributed by atoms with Gasteiger partial charge in [0.15, 0.2) is 11.5 Å². The maximum atomic E-state index is 12.5. The summed E-state index contributed by atoms with van der Waals surface area (Å²) >= 11 is 0. The molecule has 0 spiro atoms. The molecule has 2 aromatic rings. The third-order valence-electron chi connectivity index (χ3n) is 2.93. The molecule has 0 aliphatic carbocycles. The smallest absolute Gasteiger partial charge is 0.387 e. The second-order valence-electron chi connectivity index (χ2n) is 4.33. The quantitative estimate of drug-likeness (QED) is 0.734. The molecular formula is C14H17F2N3O2. The van der Waals surface area contributed by atoms with E-state index in [-0.39, 0.29) is 5.75 Å². The Morgan fingerprint density at radius 3 is 2.90 bits per heavy atom. The number of nitrogens with zero attached hydrogens (tertiary/aromatic N) is 1. The molecule has 7 heteroatoms. The van der Waals surface area contributed by atoms with Crippen LogP contribution in [0.15, 0.2) is 30.7 Å². The lowest BCUT2D eigenvalue weighted by atomic mass is 10.2. The lowest BCUT2D eigenvalue weighted by Gasteiger charge is -2.14. The van der Waals surface area contributed by atoms with Crippen LogP contribution in [0.3, 0.4) is 0 Å². The summed E-state index contributed by atoms with van der Waals surface area (Å²) in [5.41, 5.74) is 1.64. The number of nitrogens with one attached hydrogen (secondary N) is 2. The molecule has 0 aliphatic heterocycles. The van der Waals surface area contributed by atoms with Crippen molar-refractivity contribution < 1.29 is 18.3 Å². The predicted molar refractivity (Wildman–Crippen MR) is 73.6 cm³/mol. The number of H-pyrrole nitrogens is 1. The van der Waals surface area contributed by atoms with Gasteiger partial charge in [-0.15, -0.1) is 0 Å². The Hall–Kier alpha value is -2.15. The second kappa shape index (κ2) is 7.58. The molecule has 0 unspecified atom stereocenters. The van der Waals surface area contributed by atoms with Crippen molar-refractivity contribution in [2.24, 2.45) is 0 Å². The SMILES string of the molecule is COc1cccc(CNCCc2cnc[nH]2)c1OC(F)F. The average molecular weight is 297 g/mol. The minimum atomic E-state index is -2.88. The zero-order chi connectivity index (χ0) is 15.1. The van der Waals surface area contributed by atoms with Crippen molar-refractivity contribution in [2.75, 3.05) is 13.7 Å². The van der Waals surface area contributed by atoms with Crippen LogP contribution in [0.4, 0.5) is 8.78 Å². The highest BCUT2D eigenvalue weighted by Gasteiger charge is 2.14. The standard InChI is InChI=1S/C14H17F2N3O2/c1-20-12-4-2-3-10(13(12)21-14(15)16)7-17-6-5-11-8-18-9-19-11/h2-4,8-9,14,17H,5-7H2,1H3,(H,18,19). The molecular weight excluding hydrogens is 280 g/mol. The second-order valence-corrected chi connectivity index (χ2v) is 4.33. The van der Waals surface area contributed by atoms with E-state index < -0.39 is 6.61 Å². The number of imidazole rings is 1.